The summed E-state index contributed by atoms with van der Waals surface area (Å²) in [5.74, 6) is 0.807. The van der Waals surface area contributed by atoms with Crippen LogP contribution in [0, 0.1) is 5.92 Å². The van der Waals surface area contributed by atoms with Gasteiger partial charge in [-0.1, -0.05) is 50.5 Å². The molecule has 1 aliphatic rings. The van der Waals surface area contributed by atoms with Crippen LogP contribution < -0.4 is 0 Å². The van der Waals surface area contributed by atoms with Gasteiger partial charge in [0.25, 0.3) is 0 Å². The standard InChI is InChI=1S/C21H31F3/c1-2-3-4-5-6-17-7-11-19(12-8-17)20-13-9-18(10-14-20)15-16-21(22,23)24/h7-8,11-12,18,20H,2-6,9-10,13-16H2,1H3. The van der Waals surface area contributed by atoms with Crippen LogP contribution in [-0.2, 0) is 6.42 Å². The third-order valence-electron chi connectivity index (χ3n) is 5.45. The van der Waals surface area contributed by atoms with Crippen LogP contribution in [0.3, 0.4) is 0 Å². The van der Waals surface area contributed by atoms with Crippen LogP contribution in [0.4, 0.5) is 13.2 Å². The molecular formula is C21H31F3. The van der Waals surface area contributed by atoms with E-state index < -0.39 is 12.6 Å². The Hall–Kier alpha value is -0.990. The second-order valence-corrected chi connectivity index (χ2v) is 7.42. The number of hydrogen-bond acceptors (Lipinski definition) is 0. The maximum Gasteiger partial charge on any atom is 0.389 e. The van der Waals surface area contributed by atoms with E-state index in [1.807, 2.05) is 0 Å². The fraction of sp³-hybridized carbons (Fsp3) is 0.714. The Bertz CT molecular complexity index is 453. The van der Waals surface area contributed by atoms with E-state index in [1.165, 1.54) is 36.8 Å². The molecule has 1 aromatic carbocycles. The van der Waals surface area contributed by atoms with Crippen molar-refractivity contribution >= 4 is 0 Å². The number of hydrogen-bond donors (Lipinski definition) is 0. The molecule has 136 valence electrons. The van der Waals surface area contributed by atoms with E-state index in [0.717, 1.165) is 32.1 Å². The summed E-state index contributed by atoms with van der Waals surface area (Å²) in [6.07, 6.45) is 5.98. The van der Waals surface area contributed by atoms with E-state index >= 15 is 0 Å². The summed E-state index contributed by atoms with van der Waals surface area (Å²) in [4.78, 5) is 0. The molecule has 0 nitrogen and oxygen atoms in total. The topological polar surface area (TPSA) is 0 Å². The van der Waals surface area contributed by atoms with Crippen LogP contribution in [0.15, 0.2) is 24.3 Å². The molecule has 0 unspecified atom stereocenters. The van der Waals surface area contributed by atoms with E-state index in [1.54, 1.807) is 0 Å². The molecule has 0 amide bonds. The first-order valence-corrected chi connectivity index (χ1v) is 9.63. The molecule has 0 aliphatic heterocycles. The largest absolute Gasteiger partial charge is 0.389 e. The Labute approximate surface area is 144 Å². The molecule has 0 saturated heterocycles. The predicted octanol–water partition coefficient (Wildman–Crippen LogP) is 7.43. The van der Waals surface area contributed by atoms with Crippen molar-refractivity contribution in [2.24, 2.45) is 5.92 Å². The van der Waals surface area contributed by atoms with E-state index in [0.29, 0.717) is 12.3 Å². The van der Waals surface area contributed by atoms with Crippen molar-refractivity contribution < 1.29 is 13.2 Å². The third kappa shape index (κ3) is 6.86. The number of aryl methyl sites for hydroxylation is 1. The molecule has 3 heteroatoms. The SMILES string of the molecule is CCCCCCc1ccc(C2CCC(CCC(F)(F)F)CC2)cc1. The summed E-state index contributed by atoms with van der Waals surface area (Å²) in [7, 11) is 0. The minimum atomic E-state index is -4.00. The molecule has 0 atom stereocenters. The minimum Gasteiger partial charge on any atom is -0.171 e. The summed E-state index contributed by atoms with van der Waals surface area (Å²) >= 11 is 0. The number of halogens is 3. The molecule has 0 aromatic heterocycles. The summed E-state index contributed by atoms with van der Waals surface area (Å²) < 4.78 is 37.0. The van der Waals surface area contributed by atoms with E-state index in [-0.39, 0.29) is 5.92 Å². The summed E-state index contributed by atoms with van der Waals surface area (Å²) in [5.41, 5.74) is 2.79. The first-order valence-electron chi connectivity index (χ1n) is 9.63. The lowest BCUT2D eigenvalue weighted by Gasteiger charge is -2.29. The van der Waals surface area contributed by atoms with Gasteiger partial charge in [0.05, 0.1) is 0 Å². The Balaban J connectivity index is 1.73. The van der Waals surface area contributed by atoms with Gasteiger partial charge >= 0.3 is 6.18 Å². The number of rotatable bonds is 8. The van der Waals surface area contributed by atoms with Crippen LogP contribution in [0.25, 0.3) is 0 Å². The Morgan fingerprint density at radius 3 is 2.17 bits per heavy atom. The molecule has 1 aliphatic carbocycles. The van der Waals surface area contributed by atoms with Crippen LogP contribution in [-0.4, -0.2) is 6.18 Å². The maximum atomic E-state index is 12.3. The minimum absolute atomic E-state index is 0.265. The van der Waals surface area contributed by atoms with Gasteiger partial charge in [0.15, 0.2) is 0 Å². The average molecular weight is 340 g/mol. The highest BCUT2D eigenvalue weighted by atomic mass is 19.4. The van der Waals surface area contributed by atoms with Gasteiger partial charge in [-0.2, -0.15) is 13.2 Å². The van der Waals surface area contributed by atoms with Gasteiger partial charge in [-0.05, 0) is 67.9 Å². The highest BCUT2D eigenvalue weighted by molar-refractivity contribution is 5.25. The van der Waals surface area contributed by atoms with E-state index in [2.05, 4.69) is 31.2 Å². The van der Waals surface area contributed by atoms with E-state index in [4.69, 9.17) is 0 Å². The summed E-state index contributed by atoms with van der Waals surface area (Å²) in [5, 5.41) is 0. The lowest BCUT2D eigenvalue weighted by Crippen LogP contribution is -2.16. The average Bonchev–Trinajstić information content (AvgIpc) is 2.57. The number of unbranched alkanes of at least 4 members (excludes halogenated alkanes) is 3. The molecule has 0 heterocycles. The highest BCUT2D eigenvalue weighted by Gasteiger charge is 2.30. The van der Waals surface area contributed by atoms with Crippen molar-refractivity contribution in [1.82, 2.24) is 0 Å². The zero-order valence-electron chi connectivity index (χ0n) is 14.9. The summed E-state index contributed by atoms with van der Waals surface area (Å²) in [6, 6.07) is 8.99. The first kappa shape index (κ1) is 19.3. The zero-order chi connectivity index (χ0) is 17.4. The zero-order valence-corrected chi connectivity index (χ0v) is 14.9. The lowest BCUT2D eigenvalue weighted by molar-refractivity contribution is -0.138. The molecule has 0 spiro atoms. The number of benzene rings is 1. The second-order valence-electron chi connectivity index (χ2n) is 7.42. The maximum absolute atomic E-state index is 12.3. The Morgan fingerprint density at radius 1 is 0.917 bits per heavy atom. The van der Waals surface area contributed by atoms with Crippen LogP contribution in [0.2, 0.25) is 0 Å². The molecule has 0 radical (unpaired) electrons. The second kappa shape index (κ2) is 9.48. The lowest BCUT2D eigenvalue weighted by atomic mass is 9.77. The van der Waals surface area contributed by atoms with Crippen molar-refractivity contribution in [3.8, 4) is 0 Å². The van der Waals surface area contributed by atoms with Crippen LogP contribution in [0.1, 0.15) is 88.2 Å². The molecule has 1 aromatic rings. The molecule has 1 saturated carbocycles. The number of alkyl halides is 3. The predicted molar refractivity (Wildman–Crippen MR) is 94.3 cm³/mol. The van der Waals surface area contributed by atoms with Crippen molar-refractivity contribution in [3.63, 3.8) is 0 Å². The smallest absolute Gasteiger partial charge is 0.171 e. The van der Waals surface area contributed by atoms with Crippen molar-refractivity contribution in [1.29, 1.82) is 0 Å². The molecular weight excluding hydrogens is 309 g/mol. The van der Waals surface area contributed by atoms with E-state index in [9.17, 15) is 13.2 Å². The fourth-order valence-corrected chi connectivity index (χ4v) is 3.86. The van der Waals surface area contributed by atoms with Gasteiger partial charge in [-0.3, -0.25) is 0 Å². The van der Waals surface area contributed by atoms with Crippen LogP contribution in [0.5, 0.6) is 0 Å². The van der Waals surface area contributed by atoms with Crippen molar-refractivity contribution in [2.45, 2.75) is 89.6 Å². The van der Waals surface area contributed by atoms with Gasteiger partial charge < -0.3 is 0 Å². The fourth-order valence-electron chi connectivity index (χ4n) is 3.86. The monoisotopic (exact) mass is 340 g/mol. The van der Waals surface area contributed by atoms with Gasteiger partial charge in [0, 0.05) is 6.42 Å². The Kier molecular flexibility index (Phi) is 7.64. The normalized spacial score (nSPS) is 21.8. The summed E-state index contributed by atoms with van der Waals surface area (Å²) in [6.45, 7) is 2.23. The van der Waals surface area contributed by atoms with Gasteiger partial charge in [-0.25, -0.2) is 0 Å². The molecule has 0 bridgehead atoms. The van der Waals surface area contributed by atoms with Crippen molar-refractivity contribution in [3.05, 3.63) is 35.4 Å². The molecule has 1 fully saturated rings. The molecule has 24 heavy (non-hydrogen) atoms. The molecule has 2 rings (SSSR count). The Morgan fingerprint density at radius 2 is 1.58 bits per heavy atom. The highest BCUT2D eigenvalue weighted by Crippen LogP contribution is 2.39. The quantitative estimate of drug-likeness (QED) is 0.432. The van der Waals surface area contributed by atoms with Gasteiger partial charge in [-0.15, -0.1) is 0 Å². The third-order valence-corrected chi connectivity index (χ3v) is 5.45. The molecule has 0 N–H and O–H groups in total. The van der Waals surface area contributed by atoms with Gasteiger partial charge in [0.2, 0.25) is 0 Å². The van der Waals surface area contributed by atoms with Crippen LogP contribution >= 0.6 is 0 Å². The van der Waals surface area contributed by atoms with Crippen molar-refractivity contribution in [2.75, 3.05) is 0 Å². The first-order chi connectivity index (χ1) is 11.5. The van der Waals surface area contributed by atoms with Gasteiger partial charge in [0.1, 0.15) is 0 Å².